The van der Waals surface area contributed by atoms with Gasteiger partial charge in [-0.05, 0) is 43.4 Å². The number of carbonyl (C=O) groups excluding carboxylic acids is 3. The molecule has 6 heteroatoms. The third kappa shape index (κ3) is 5.68. The van der Waals surface area contributed by atoms with Crippen LogP contribution in [0.1, 0.15) is 49.0 Å². The lowest BCUT2D eigenvalue weighted by Crippen LogP contribution is -2.25. The first-order valence-corrected chi connectivity index (χ1v) is 8.19. The predicted molar refractivity (Wildman–Crippen MR) is 87.1 cm³/mol. The lowest BCUT2D eigenvalue weighted by molar-refractivity contribution is -0.145. The van der Waals surface area contributed by atoms with E-state index in [-0.39, 0.29) is 24.2 Å². The van der Waals surface area contributed by atoms with Crippen molar-refractivity contribution in [3.8, 4) is 0 Å². The maximum Gasteiger partial charge on any atom is 0.338 e. The molecule has 0 unspecified atom stereocenters. The fourth-order valence-electron chi connectivity index (χ4n) is 2.35. The van der Waals surface area contributed by atoms with Crippen LogP contribution in [0.5, 0.6) is 0 Å². The zero-order chi connectivity index (χ0) is 17.5. The molecule has 1 aromatic rings. The van der Waals surface area contributed by atoms with Gasteiger partial charge in [0.2, 0.25) is 5.91 Å². The van der Waals surface area contributed by atoms with Crippen molar-refractivity contribution in [1.82, 2.24) is 5.32 Å². The van der Waals surface area contributed by atoms with Crippen LogP contribution >= 0.6 is 0 Å². The Kier molecular flexibility index (Phi) is 6.35. The maximum atomic E-state index is 12.3. The molecule has 1 aromatic carbocycles. The molecule has 130 valence electrons. The molecule has 0 bridgehead atoms. The van der Waals surface area contributed by atoms with Crippen LogP contribution in [-0.2, 0) is 25.6 Å². The quantitative estimate of drug-likeness (QED) is 0.738. The topological polar surface area (TPSA) is 81.7 Å². The van der Waals surface area contributed by atoms with E-state index in [1.54, 1.807) is 31.2 Å². The average Bonchev–Trinajstić information content (AvgIpc) is 3.38. The van der Waals surface area contributed by atoms with Crippen molar-refractivity contribution in [2.75, 3.05) is 6.61 Å². The first-order valence-electron chi connectivity index (χ1n) is 8.19. The lowest BCUT2D eigenvalue weighted by atomic mass is 10.1. The van der Waals surface area contributed by atoms with Gasteiger partial charge in [0.15, 0.2) is 0 Å². The van der Waals surface area contributed by atoms with E-state index in [4.69, 9.17) is 9.47 Å². The van der Waals surface area contributed by atoms with E-state index < -0.39 is 12.1 Å². The molecule has 1 fully saturated rings. The summed E-state index contributed by atoms with van der Waals surface area (Å²) in [5.74, 6) is -0.641. The fourth-order valence-corrected chi connectivity index (χ4v) is 2.35. The summed E-state index contributed by atoms with van der Waals surface area (Å²) in [6.07, 6.45) is 1.61. The molecule has 0 spiro atoms. The Labute approximate surface area is 141 Å². The highest BCUT2D eigenvalue weighted by atomic mass is 16.6. The molecule has 0 radical (unpaired) electrons. The molecule has 24 heavy (non-hydrogen) atoms. The third-order valence-corrected chi connectivity index (χ3v) is 3.81. The summed E-state index contributed by atoms with van der Waals surface area (Å²) in [4.78, 5) is 34.8. The van der Waals surface area contributed by atoms with Gasteiger partial charge in [0.05, 0.1) is 18.6 Å². The van der Waals surface area contributed by atoms with Gasteiger partial charge in [0.1, 0.15) is 6.10 Å². The van der Waals surface area contributed by atoms with E-state index in [2.05, 4.69) is 5.32 Å². The van der Waals surface area contributed by atoms with Crippen LogP contribution in [-0.4, -0.2) is 30.6 Å². The Morgan fingerprint density at radius 1 is 1.21 bits per heavy atom. The molecule has 1 amide bonds. The lowest BCUT2D eigenvalue weighted by Gasteiger charge is -2.16. The Morgan fingerprint density at radius 2 is 1.88 bits per heavy atom. The third-order valence-electron chi connectivity index (χ3n) is 3.81. The van der Waals surface area contributed by atoms with Gasteiger partial charge in [0.25, 0.3) is 0 Å². The summed E-state index contributed by atoms with van der Waals surface area (Å²) in [7, 11) is 0. The maximum absolute atomic E-state index is 12.3. The molecule has 1 aliphatic carbocycles. The van der Waals surface area contributed by atoms with Crippen LogP contribution in [0.25, 0.3) is 0 Å². The molecule has 1 atom stereocenters. The van der Waals surface area contributed by atoms with Crippen molar-refractivity contribution in [2.24, 2.45) is 5.92 Å². The van der Waals surface area contributed by atoms with Crippen molar-refractivity contribution < 1.29 is 23.9 Å². The molecule has 1 N–H and O–H groups in total. The Hall–Kier alpha value is -2.37. The summed E-state index contributed by atoms with van der Waals surface area (Å²) in [5, 5.41) is 2.69. The van der Waals surface area contributed by atoms with Gasteiger partial charge in [-0.2, -0.15) is 0 Å². The zero-order valence-electron chi connectivity index (χ0n) is 14.0. The molecular weight excluding hydrogens is 310 g/mol. The number of carbonyl (C=O) groups is 3. The van der Waals surface area contributed by atoms with Crippen LogP contribution in [0, 0.1) is 5.92 Å². The number of ether oxygens (including phenoxy) is 2. The molecule has 0 saturated heterocycles. The van der Waals surface area contributed by atoms with Gasteiger partial charge in [-0.25, -0.2) is 4.79 Å². The number of rotatable bonds is 8. The van der Waals surface area contributed by atoms with Crippen LogP contribution < -0.4 is 5.32 Å². The molecule has 0 aliphatic heterocycles. The summed E-state index contributed by atoms with van der Waals surface area (Å²) in [5.41, 5.74) is 1.32. The zero-order valence-corrected chi connectivity index (χ0v) is 14.0. The van der Waals surface area contributed by atoms with E-state index >= 15 is 0 Å². The molecule has 2 rings (SSSR count). The SMILES string of the molecule is CCOC(=O)C[C@H](OC(=O)c1ccc(CNC(C)=O)cc1)C1CC1. The van der Waals surface area contributed by atoms with Crippen molar-refractivity contribution in [1.29, 1.82) is 0 Å². The second-order valence-electron chi connectivity index (χ2n) is 5.90. The molecular formula is C18H23NO5. The summed E-state index contributed by atoms with van der Waals surface area (Å²) < 4.78 is 10.4. The predicted octanol–water partition coefficient (Wildman–Crippen LogP) is 2.21. The first kappa shape index (κ1) is 18.0. The molecule has 1 aliphatic rings. The Balaban J connectivity index is 1.91. The second kappa shape index (κ2) is 8.47. The van der Waals surface area contributed by atoms with Crippen molar-refractivity contribution in [2.45, 2.75) is 45.8 Å². The molecule has 6 nitrogen and oxygen atoms in total. The van der Waals surface area contributed by atoms with Gasteiger partial charge in [-0.1, -0.05) is 12.1 Å². The van der Waals surface area contributed by atoms with Gasteiger partial charge in [0, 0.05) is 13.5 Å². The molecule has 0 heterocycles. The van der Waals surface area contributed by atoms with E-state index in [1.165, 1.54) is 6.92 Å². The minimum atomic E-state index is -0.442. The summed E-state index contributed by atoms with van der Waals surface area (Å²) in [6, 6.07) is 6.86. The summed E-state index contributed by atoms with van der Waals surface area (Å²) >= 11 is 0. The highest BCUT2D eigenvalue weighted by Gasteiger charge is 2.36. The van der Waals surface area contributed by atoms with E-state index in [1.807, 2.05) is 0 Å². The first-order chi connectivity index (χ1) is 11.5. The smallest absolute Gasteiger partial charge is 0.338 e. The van der Waals surface area contributed by atoms with E-state index in [0.29, 0.717) is 18.7 Å². The van der Waals surface area contributed by atoms with Gasteiger partial charge in [-0.15, -0.1) is 0 Å². The van der Waals surface area contributed by atoms with Gasteiger partial charge >= 0.3 is 11.9 Å². The molecule has 1 saturated carbocycles. The number of hydrogen-bond acceptors (Lipinski definition) is 5. The highest BCUT2D eigenvalue weighted by Crippen LogP contribution is 2.36. The minimum absolute atomic E-state index is 0.102. The van der Waals surface area contributed by atoms with Crippen LogP contribution in [0.2, 0.25) is 0 Å². The number of amides is 1. The standard InChI is InChI=1S/C18H23NO5/c1-3-23-17(21)10-16(14-8-9-14)24-18(22)15-6-4-13(5-7-15)11-19-12(2)20/h4-7,14,16H,3,8-11H2,1-2H3,(H,19,20)/t16-/m0/s1. The number of nitrogens with one attached hydrogen (secondary N) is 1. The van der Waals surface area contributed by atoms with Gasteiger partial charge in [-0.3, -0.25) is 9.59 Å². The minimum Gasteiger partial charge on any atom is -0.466 e. The second-order valence-corrected chi connectivity index (χ2v) is 5.90. The fraction of sp³-hybridized carbons (Fsp3) is 0.500. The van der Waals surface area contributed by atoms with Crippen LogP contribution in [0.15, 0.2) is 24.3 Å². The number of hydrogen-bond donors (Lipinski definition) is 1. The van der Waals surface area contributed by atoms with E-state index in [0.717, 1.165) is 18.4 Å². The summed E-state index contributed by atoms with van der Waals surface area (Å²) in [6.45, 7) is 3.93. The van der Waals surface area contributed by atoms with Crippen molar-refractivity contribution in [3.63, 3.8) is 0 Å². The Bertz CT molecular complexity index is 592. The largest absolute Gasteiger partial charge is 0.466 e. The molecule has 0 aromatic heterocycles. The number of benzene rings is 1. The van der Waals surface area contributed by atoms with E-state index in [9.17, 15) is 14.4 Å². The van der Waals surface area contributed by atoms with Gasteiger partial charge < -0.3 is 14.8 Å². The Morgan fingerprint density at radius 3 is 2.42 bits per heavy atom. The van der Waals surface area contributed by atoms with Crippen molar-refractivity contribution >= 4 is 17.8 Å². The normalized spacial score (nSPS) is 14.6. The van der Waals surface area contributed by atoms with Crippen LogP contribution in [0.4, 0.5) is 0 Å². The van der Waals surface area contributed by atoms with Crippen LogP contribution in [0.3, 0.4) is 0 Å². The number of esters is 2. The highest BCUT2D eigenvalue weighted by molar-refractivity contribution is 5.89. The monoisotopic (exact) mass is 333 g/mol. The average molecular weight is 333 g/mol. The van der Waals surface area contributed by atoms with Crippen molar-refractivity contribution in [3.05, 3.63) is 35.4 Å².